The van der Waals surface area contributed by atoms with E-state index in [1.165, 1.54) is 0 Å². The molecule has 0 saturated heterocycles. The fourth-order valence-corrected chi connectivity index (χ4v) is 2.13. The van der Waals surface area contributed by atoms with Gasteiger partial charge >= 0.3 is 5.97 Å². The number of hydrogen-bond acceptors (Lipinski definition) is 4. The molecule has 1 aliphatic rings. The number of esters is 1. The normalized spacial score (nSPS) is 17.5. The lowest BCUT2D eigenvalue weighted by Crippen LogP contribution is -2.41. The van der Waals surface area contributed by atoms with Crippen molar-refractivity contribution >= 4 is 43.7 Å². The predicted molar refractivity (Wildman–Crippen MR) is 69.6 cm³/mol. The third-order valence-electron chi connectivity index (χ3n) is 2.26. The standard InChI is InChI=1S/C11H8Br2N2O3/c1-2-18-11(17)9-10(16)15-8-4-6(13)5(12)3-7(8)14-9/h3-4,9H,2H2,1H3. The Kier molecular flexibility index (Phi) is 3.91. The van der Waals surface area contributed by atoms with E-state index in [1.807, 2.05) is 0 Å². The van der Waals surface area contributed by atoms with Gasteiger partial charge in [0, 0.05) is 8.95 Å². The minimum absolute atomic E-state index is 0.203. The van der Waals surface area contributed by atoms with Crippen LogP contribution in [0.25, 0.3) is 0 Å². The van der Waals surface area contributed by atoms with Crippen LogP contribution in [0.5, 0.6) is 0 Å². The highest BCUT2D eigenvalue weighted by Gasteiger charge is 2.29. The van der Waals surface area contributed by atoms with Gasteiger partial charge in [-0.25, -0.2) is 9.79 Å². The monoisotopic (exact) mass is 374 g/mol. The molecular formula is C11H8Br2N2O3. The molecule has 1 aromatic carbocycles. The minimum atomic E-state index is -1.19. The second kappa shape index (κ2) is 5.27. The van der Waals surface area contributed by atoms with E-state index in [2.05, 4.69) is 41.8 Å². The Morgan fingerprint density at radius 2 is 1.94 bits per heavy atom. The molecule has 0 aliphatic carbocycles. The summed E-state index contributed by atoms with van der Waals surface area (Å²) < 4.78 is 6.33. The summed E-state index contributed by atoms with van der Waals surface area (Å²) in [6, 6.07) is 2.18. The summed E-state index contributed by atoms with van der Waals surface area (Å²) in [7, 11) is 0. The van der Waals surface area contributed by atoms with Crippen molar-refractivity contribution in [2.75, 3.05) is 6.61 Å². The Morgan fingerprint density at radius 1 is 1.33 bits per heavy atom. The molecule has 0 saturated carbocycles. The Balaban J connectivity index is 2.53. The number of halogens is 2. The fraction of sp³-hybridized carbons (Fsp3) is 0.273. The van der Waals surface area contributed by atoms with Crippen molar-refractivity contribution in [3.05, 3.63) is 31.8 Å². The number of benzene rings is 1. The summed E-state index contributed by atoms with van der Waals surface area (Å²) in [4.78, 5) is 31.2. The van der Waals surface area contributed by atoms with E-state index < -0.39 is 17.9 Å². The molecule has 1 aliphatic heterocycles. The van der Waals surface area contributed by atoms with Gasteiger partial charge in [-0.3, -0.25) is 9.79 Å². The van der Waals surface area contributed by atoms with Crippen molar-refractivity contribution < 1.29 is 14.3 Å². The quantitative estimate of drug-likeness (QED) is 0.570. The Morgan fingerprint density at radius 3 is 2.56 bits per heavy atom. The van der Waals surface area contributed by atoms with Gasteiger partial charge in [0.05, 0.1) is 17.3 Å². The second-order valence-corrected chi connectivity index (χ2v) is 5.20. The van der Waals surface area contributed by atoms with Crippen molar-refractivity contribution in [1.82, 2.24) is 0 Å². The summed E-state index contributed by atoms with van der Waals surface area (Å²) in [5.74, 6) is -1.27. The van der Waals surface area contributed by atoms with Gasteiger partial charge in [0.2, 0.25) is 6.04 Å². The van der Waals surface area contributed by atoms with Crippen molar-refractivity contribution in [2.45, 2.75) is 13.0 Å². The molecule has 0 spiro atoms. The van der Waals surface area contributed by atoms with E-state index in [1.54, 1.807) is 19.1 Å². The number of hydrogen-bond donors (Lipinski definition) is 0. The molecule has 1 amide bonds. The van der Waals surface area contributed by atoms with Crippen molar-refractivity contribution in [3.63, 3.8) is 0 Å². The molecule has 94 valence electrons. The number of fused-ring (bicyclic) bond motifs is 1. The lowest BCUT2D eigenvalue weighted by atomic mass is 10.2. The molecule has 7 heteroatoms. The lowest BCUT2D eigenvalue weighted by Gasteiger charge is -2.10. The molecule has 0 N–H and O–H groups in total. The van der Waals surface area contributed by atoms with Crippen LogP contribution in [0.15, 0.2) is 31.1 Å². The van der Waals surface area contributed by atoms with E-state index in [0.29, 0.717) is 10.7 Å². The first-order valence-corrected chi connectivity index (χ1v) is 6.73. The molecule has 0 aromatic heterocycles. The van der Waals surface area contributed by atoms with Gasteiger partial charge in [-0.1, -0.05) is 0 Å². The third-order valence-corrected chi connectivity index (χ3v) is 4.10. The Labute approximate surface area is 119 Å². The zero-order valence-corrected chi connectivity index (χ0v) is 12.5. The Bertz CT molecular complexity index is 642. The molecule has 2 rings (SSSR count). The van der Waals surface area contributed by atoms with Crippen LogP contribution in [0, 0.1) is 0 Å². The average Bonchev–Trinajstić information content (AvgIpc) is 2.31. The Hall–Kier alpha value is -1.08. The number of rotatable bonds is 2. The maximum Gasteiger partial charge on any atom is 0.340 e. The average molecular weight is 376 g/mol. The first-order valence-electron chi connectivity index (χ1n) is 5.15. The summed E-state index contributed by atoms with van der Waals surface area (Å²) >= 11 is 6.64. The van der Waals surface area contributed by atoms with Crippen molar-refractivity contribution in [2.24, 2.45) is 9.98 Å². The summed E-state index contributed by atoms with van der Waals surface area (Å²) in [5, 5.41) is 0.929. The van der Waals surface area contributed by atoms with Gasteiger partial charge in [-0.15, -0.1) is 0 Å². The van der Waals surface area contributed by atoms with Crippen molar-refractivity contribution in [3.8, 4) is 0 Å². The van der Waals surface area contributed by atoms with Crippen LogP contribution in [-0.4, -0.2) is 24.5 Å². The van der Waals surface area contributed by atoms with Gasteiger partial charge in [-0.05, 0) is 50.9 Å². The molecule has 1 unspecified atom stereocenters. The van der Waals surface area contributed by atoms with Crippen molar-refractivity contribution in [1.29, 1.82) is 0 Å². The lowest BCUT2D eigenvalue weighted by molar-refractivity contribution is -0.147. The second-order valence-electron chi connectivity index (χ2n) is 3.49. The molecular weight excluding hydrogens is 368 g/mol. The number of amides is 1. The first-order chi connectivity index (χ1) is 8.52. The smallest absolute Gasteiger partial charge is 0.340 e. The molecule has 18 heavy (non-hydrogen) atoms. The molecule has 1 aromatic rings. The maximum atomic E-state index is 11.7. The molecule has 5 nitrogen and oxygen atoms in total. The van der Waals surface area contributed by atoms with Gasteiger partial charge in [0.1, 0.15) is 0 Å². The first kappa shape index (κ1) is 13.4. The highest BCUT2D eigenvalue weighted by atomic mass is 79.9. The predicted octanol–water partition coefficient (Wildman–Crippen LogP) is 0.923. The third kappa shape index (κ3) is 2.51. The van der Waals surface area contributed by atoms with E-state index in [4.69, 9.17) is 4.74 Å². The summed E-state index contributed by atoms with van der Waals surface area (Å²) in [6.45, 7) is 1.87. The summed E-state index contributed by atoms with van der Waals surface area (Å²) in [6.07, 6.45) is 0. The van der Waals surface area contributed by atoms with Crippen LogP contribution in [0.1, 0.15) is 6.92 Å². The zero-order chi connectivity index (χ0) is 13.3. The number of carbonyl (C=O) groups excluding carboxylic acids is 2. The molecule has 0 fully saturated rings. The zero-order valence-electron chi connectivity index (χ0n) is 9.31. The fourth-order valence-electron chi connectivity index (χ4n) is 1.47. The van der Waals surface area contributed by atoms with Gasteiger partial charge in [-0.2, -0.15) is 0 Å². The minimum Gasteiger partial charge on any atom is -0.464 e. The largest absolute Gasteiger partial charge is 0.464 e. The van der Waals surface area contributed by atoms with E-state index in [9.17, 15) is 9.59 Å². The van der Waals surface area contributed by atoms with Crippen LogP contribution in [0.4, 0.5) is 0 Å². The number of nitrogens with zero attached hydrogens (tertiary/aromatic N) is 2. The maximum absolute atomic E-state index is 11.7. The van der Waals surface area contributed by atoms with Crippen LogP contribution < -0.4 is 10.7 Å². The van der Waals surface area contributed by atoms with Gasteiger partial charge in [0.15, 0.2) is 0 Å². The molecule has 0 radical (unpaired) electrons. The highest BCUT2D eigenvalue weighted by Crippen LogP contribution is 2.18. The highest BCUT2D eigenvalue weighted by molar-refractivity contribution is 9.13. The molecule has 0 bridgehead atoms. The van der Waals surface area contributed by atoms with E-state index in [-0.39, 0.29) is 6.61 Å². The molecule has 1 atom stereocenters. The summed E-state index contributed by atoms with van der Waals surface area (Å²) in [5.41, 5.74) is 0. The number of carbonyl (C=O) groups is 2. The molecule has 1 heterocycles. The van der Waals surface area contributed by atoms with Crippen LogP contribution >= 0.6 is 31.9 Å². The van der Waals surface area contributed by atoms with Crippen LogP contribution in [0.3, 0.4) is 0 Å². The van der Waals surface area contributed by atoms with Crippen LogP contribution in [0.2, 0.25) is 0 Å². The van der Waals surface area contributed by atoms with Gasteiger partial charge < -0.3 is 4.74 Å². The van der Waals surface area contributed by atoms with E-state index in [0.717, 1.165) is 8.95 Å². The van der Waals surface area contributed by atoms with Crippen LogP contribution in [-0.2, 0) is 14.3 Å². The van der Waals surface area contributed by atoms with Gasteiger partial charge in [0.25, 0.3) is 5.91 Å². The SMILES string of the molecule is CCOC(=O)C1N=c2cc(Br)c(Br)cc2=NC1=O. The topological polar surface area (TPSA) is 68.1 Å². The number of ether oxygens (including phenoxy) is 1. The van der Waals surface area contributed by atoms with E-state index >= 15 is 0 Å².